The average molecular weight is 292 g/mol. The Morgan fingerprint density at radius 3 is 3.06 bits per heavy atom. The third-order valence-corrected chi connectivity index (χ3v) is 3.02. The minimum absolute atomic E-state index is 0.218. The molecule has 0 unspecified atom stereocenters. The van der Waals surface area contributed by atoms with Gasteiger partial charge in [0, 0.05) is 12.4 Å². The van der Waals surface area contributed by atoms with Crippen LogP contribution in [0, 0.1) is 0 Å². The predicted molar refractivity (Wildman–Crippen MR) is 62.8 cm³/mol. The van der Waals surface area contributed by atoms with Gasteiger partial charge in [-0.25, -0.2) is 4.52 Å². The maximum atomic E-state index is 12.2. The number of rotatable bonds is 2. The smallest absolute Gasteiger partial charge is 0.233 e. The number of carbonyl (C=O) groups is 1. The molecule has 0 amide bonds. The Morgan fingerprint density at radius 2 is 2.29 bits per heavy atom. The van der Waals surface area contributed by atoms with Crippen LogP contribution >= 0.6 is 15.9 Å². The van der Waals surface area contributed by atoms with Crippen LogP contribution in [0.3, 0.4) is 0 Å². The topological polar surface area (TPSA) is 60.4 Å². The van der Waals surface area contributed by atoms with E-state index in [2.05, 4.69) is 26.0 Å². The highest BCUT2D eigenvalue weighted by atomic mass is 79.9. The monoisotopic (exact) mass is 291 g/mol. The molecular weight excluding hydrogens is 286 g/mol. The number of halogens is 1. The molecule has 0 saturated heterocycles. The highest BCUT2D eigenvalue weighted by Gasteiger charge is 2.19. The summed E-state index contributed by atoms with van der Waals surface area (Å²) in [6.45, 7) is 0. The van der Waals surface area contributed by atoms with Gasteiger partial charge in [0.15, 0.2) is 5.76 Å². The van der Waals surface area contributed by atoms with Gasteiger partial charge in [0.25, 0.3) is 0 Å². The van der Waals surface area contributed by atoms with Crippen molar-refractivity contribution in [2.75, 3.05) is 0 Å². The van der Waals surface area contributed by atoms with Gasteiger partial charge in [0.1, 0.15) is 0 Å². The first-order chi connectivity index (χ1) is 8.27. The summed E-state index contributed by atoms with van der Waals surface area (Å²) in [6.07, 6.45) is 7.85. The Labute approximate surface area is 104 Å². The van der Waals surface area contributed by atoms with Crippen molar-refractivity contribution in [3.05, 3.63) is 52.9 Å². The van der Waals surface area contributed by atoms with E-state index in [4.69, 9.17) is 4.42 Å². The molecule has 0 aliphatic carbocycles. The number of ketones is 1. The second-order valence-corrected chi connectivity index (χ2v) is 4.25. The molecule has 0 atom stereocenters. The van der Waals surface area contributed by atoms with E-state index in [9.17, 15) is 4.79 Å². The molecule has 5 nitrogen and oxygen atoms in total. The maximum absolute atomic E-state index is 12.2. The van der Waals surface area contributed by atoms with Gasteiger partial charge in [0.05, 0.1) is 34.2 Å². The number of carbonyl (C=O) groups excluding carboxylic acids is 1. The molecule has 0 aliphatic rings. The normalized spacial score (nSPS) is 10.9. The van der Waals surface area contributed by atoms with Crippen LogP contribution in [-0.4, -0.2) is 20.4 Å². The average Bonchev–Trinajstić information content (AvgIpc) is 2.94. The molecule has 0 fully saturated rings. The molecule has 3 heterocycles. The van der Waals surface area contributed by atoms with Crippen LogP contribution in [0.5, 0.6) is 0 Å². The van der Waals surface area contributed by atoms with Crippen LogP contribution in [0.4, 0.5) is 0 Å². The zero-order chi connectivity index (χ0) is 11.8. The molecule has 3 aromatic rings. The Kier molecular flexibility index (Phi) is 2.29. The van der Waals surface area contributed by atoms with E-state index < -0.39 is 0 Å². The summed E-state index contributed by atoms with van der Waals surface area (Å²) in [5.74, 6) is 0.0497. The molecule has 84 valence electrons. The van der Waals surface area contributed by atoms with Crippen molar-refractivity contribution in [3.8, 4) is 0 Å². The van der Waals surface area contributed by atoms with Crippen LogP contribution in [0.1, 0.15) is 16.1 Å². The fraction of sp³-hybridized carbons (Fsp3) is 0. The highest BCUT2D eigenvalue weighted by Crippen LogP contribution is 2.22. The van der Waals surface area contributed by atoms with E-state index in [0.29, 0.717) is 15.6 Å². The van der Waals surface area contributed by atoms with Crippen LogP contribution in [0.15, 0.2) is 46.0 Å². The van der Waals surface area contributed by atoms with E-state index in [1.165, 1.54) is 12.5 Å². The number of aromatic nitrogens is 3. The van der Waals surface area contributed by atoms with E-state index in [1.54, 1.807) is 29.2 Å². The molecule has 0 saturated carbocycles. The van der Waals surface area contributed by atoms with Crippen molar-refractivity contribution in [3.63, 3.8) is 0 Å². The first-order valence-electron chi connectivity index (χ1n) is 4.82. The summed E-state index contributed by atoms with van der Waals surface area (Å²) >= 11 is 3.26. The molecule has 0 radical (unpaired) electrons. The van der Waals surface area contributed by atoms with Gasteiger partial charge in [-0.3, -0.25) is 9.78 Å². The Hall–Kier alpha value is -1.95. The van der Waals surface area contributed by atoms with Gasteiger partial charge in [-0.15, -0.1) is 0 Å². The first kappa shape index (κ1) is 10.2. The van der Waals surface area contributed by atoms with Crippen molar-refractivity contribution in [2.24, 2.45) is 0 Å². The number of hydrogen-bond donors (Lipinski definition) is 0. The van der Waals surface area contributed by atoms with Crippen LogP contribution in [-0.2, 0) is 0 Å². The minimum atomic E-state index is -0.218. The number of furan rings is 1. The molecule has 0 spiro atoms. The molecule has 3 rings (SSSR count). The minimum Gasteiger partial charge on any atom is -0.460 e. The molecule has 0 aromatic carbocycles. The lowest BCUT2D eigenvalue weighted by Gasteiger charge is -1.96. The highest BCUT2D eigenvalue weighted by molar-refractivity contribution is 9.10. The fourth-order valence-corrected chi connectivity index (χ4v) is 1.97. The van der Waals surface area contributed by atoms with E-state index in [1.807, 2.05) is 0 Å². The van der Waals surface area contributed by atoms with Crippen molar-refractivity contribution < 1.29 is 9.21 Å². The summed E-state index contributed by atoms with van der Waals surface area (Å²) in [7, 11) is 0. The molecule has 17 heavy (non-hydrogen) atoms. The molecular formula is C11H6BrN3O2. The van der Waals surface area contributed by atoms with E-state index in [0.717, 1.165) is 0 Å². The zero-order valence-corrected chi connectivity index (χ0v) is 10.1. The number of fused-ring (bicyclic) bond motifs is 1. The van der Waals surface area contributed by atoms with Gasteiger partial charge in [-0.2, -0.15) is 5.10 Å². The van der Waals surface area contributed by atoms with Crippen LogP contribution < -0.4 is 0 Å². The third-order valence-electron chi connectivity index (χ3n) is 2.39. The van der Waals surface area contributed by atoms with Gasteiger partial charge in [0.2, 0.25) is 5.78 Å². The number of nitrogens with zero attached hydrogens (tertiary/aromatic N) is 3. The fourth-order valence-electron chi connectivity index (χ4n) is 1.59. The predicted octanol–water partition coefficient (Wildman–Crippen LogP) is 2.32. The van der Waals surface area contributed by atoms with Gasteiger partial charge in [-0.05, 0) is 22.0 Å². The molecule has 0 bridgehead atoms. The lowest BCUT2D eigenvalue weighted by molar-refractivity contribution is 0.101. The molecule has 0 aliphatic heterocycles. The zero-order valence-electron chi connectivity index (χ0n) is 8.50. The molecule has 0 N–H and O–H groups in total. The van der Waals surface area contributed by atoms with Crippen LogP contribution in [0.25, 0.3) is 5.52 Å². The summed E-state index contributed by atoms with van der Waals surface area (Å²) < 4.78 is 7.37. The lowest BCUT2D eigenvalue weighted by Crippen LogP contribution is -2.00. The Balaban J connectivity index is 2.17. The molecule has 3 aromatic heterocycles. The largest absolute Gasteiger partial charge is 0.460 e. The molecule has 6 heteroatoms. The van der Waals surface area contributed by atoms with Crippen molar-refractivity contribution in [1.82, 2.24) is 14.6 Å². The van der Waals surface area contributed by atoms with Crippen molar-refractivity contribution in [2.45, 2.75) is 0 Å². The van der Waals surface area contributed by atoms with Gasteiger partial charge >= 0.3 is 0 Å². The summed E-state index contributed by atoms with van der Waals surface area (Å²) in [5, 5.41) is 4.08. The number of hydrogen-bond acceptors (Lipinski definition) is 4. The van der Waals surface area contributed by atoms with Gasteiger partial charge in [-0.1, -0.05) is 0 Å². The SMILES string of the molecule is O=C(c1occc1Br)c1cnn2ccncc12. The third kappa shape index (κ3) is 1.57. The second-order valence-electron chi connectivity index (χ2n) is 3.39. The lowest BCUT2D eigenvalue weighted by atomic mass is 10.1. The maximum Gasteiger partial charge on any atom is 0.233 e. The summed E-state index contributed by atoms with van der Waals surface area (Å²) in [4.78, 5) is 16.2. The first-order valence-corrected chi connectivity index (χ1v) is 5.62. The van der Waals surface area contributed by atoms with Crippen molar-refractivity contribution >= 4 is 27.2 Å². The second kappa shape index (κ2) is 3.81. The van der Waals surface area contributed by atoms with E-state index >= 15 is 0 Å². The quantitative estimate of drug-likeness (QED) is 0.680. The van der Waals surface area contributed by atoms with Crippen molar-refractivity contribution in [1.29, 1.82) is 0 Å². The summed E-state index contributed by atoms with van der Waals surface area (Å²) in [6, 6.07) is 1.68. The standard InChI is InChI=1S/C11H6BrN3O2/c12-8-1-4-17-11(8)10(16)7-5-14-15-3-2-13-6-9(7)15/h1-6H. The van der Waals surface area contributed by atoms with Crippen LogP contribution in [0.2, 0.25) is 0 Å². The Morgan fingerprint density at radius 1 is 1.41 bits per heavy atom. The van der Waals surface area contributed by atoms with E-state index in [-0.39, 0.29) is 11.5 Å². The Bertz CT molecular complexity index is 701. The van der Waals surface area contributed by atoms with Gasteiger partial charge < -0.3 is 4.42 Å². The summed E-state index contributed by atoms with van der Waals surface area (Å²) in [5.41, 5.74) is 1.12.